The number of aryl methyl sites for hydroxylation is 1. The van der Waals surface area contributed by atoms with Crippen LogP contribution in [0.5, 0.6) is 5.75 Å². The fraction of sp³-hybridized carbons (Fsp3) is 0.150. The van der Waals surface area contributed by atoms with Crippen LogP contribution >= 0.6 is 12.6 Å². The Morgan fingerprint density at radius 2 is 2.10 bits per heavy atom. The molecule has 0 amide bonds. The van der Waals surface area contributed by atoms with Crippen molar-refractivity contribution in [2.75, 3.05) is 0 Å². The van der Waals surface area contributed by atoms with E-state index in [1.807, 2.05) is 12.2 Å². The summed E-state index contributed by atoms with van der Waals surface area (Å²) in [6, 6.07) is 3.12. The molecule has 5 rings (SSSR count). The molecule has 3 heterocycles. The van der Waals surface area contributed by atoms with E-state index in [0.717, 1.165) is 18.4 Å². The zero-order valence-corrected chi connectivity index (χ0v) is 16.8. The summed E-state index contributed by atoms with van der Waals surface area (Å²) in [5.41, 5.74) is 2.25. The van der Waals surface area contributed by atoms with Crippen LogP contribution in [0.1, 0.15) is 12.8 Å². The summed E-state index contributed by atoms with van der Waals surface area (Å²) in [5.74, 6) is 1.14. The lowest BCUT2D eigenvalue weighted by Gasteiger charge is -2.19. The van der Waals surface area contributed by atoms with E-state index < -0.39 is 0 Å². The van der Waals surface area contributed by atoms with Crippen molar-refractivity contribution in [3.05, 3.63) is 64.7 Å². The van der Waals surface area contributed by atoms with Crippen molar-refractivity contribution < 1.29 is 14.6 Å². The molecule has 152 valence electrons. The van der Waals surface area contributed by atoms with Gasteiger partial charge in [-0.2, -0.15) is 0 Å². The van der Waals surface area contributed by atoms with E-state index in [1.165, 1.54) is 27.7 Å². The molecule has 0 radical (unpaired) electrons. The van der Waals surface area contributed by atoms with Gasteiger partial charge in [-0.25, -0.2) is 9.36 Å². The van der Waals surface area contributed by atoms with Gasteiger partial charge in [0.05, 0.1) is 16.6 Å². The van der Waals surface area contributed by atoms with Crippen molar-refractivity contribution in [2.24, 2.45) is 7.05 Å². The van der Waals surface area contributed by atoms with Gasteiger partial charge in [-0.15, -0.1) is 22.8 Å². The predicted molar refractivity (Wildman–Crippen MR) is 112 cm³/mol. The third kappa shape index (κ3) is 2.92. The third-order valence-electron chi connectivity index (χ3n) is 5.03. The second-order valence-corrected chi connectivity index (χ2v) is 7.27. The van der Waals surface area contributed by atoms with Crippen molar-refractivity contribution in [1.82, 2.24) is 24.3 Å². The number of phenolic OH excluding ortho intramolecular Hbond substituents is 1. The van der Waals surface area contributed by atoms with Crippen LogP contribution in [0.25, 0.3) is 28.3 Å². The summed E-state index contributed by atoms with van der Waals surface area (Å²) < 4.78 is 14.5. The van der Waals surface area contributed by atoms with Crippen molar-refractivity contribution >= 4 is 29.5 Å². The zero-order valence-electron chi connectivity index (χ0n) is 15.9. The molecular formula is C20H17N5O4S. The minimum absolute atomic E-state index is 0.0703. The van der Waals surface area contributed by atoms with E-state index in [9.17, 15) is 9.90 Å². The number of allylic oxidation sites excluding steroid dienone is 4. The molecule has 2 N–H and O–H groups in total. The molecule has 1 aliphatic heterocycles. The summed E-state index contributed by atoms with van der Waals surface area (Å²) in [6.07, 6.45) is 10.9. The highest BCUT2D eigenvalue weighted by atomic mass is 32.1. The Bertz CT molecular complexity index is 1360. The average molecular weight is 423 g/mol. The molecule has 0 spiro atoms. The van der Waals surface area contributed by atoms with E-state index in [2.05, 4.69) is 33.9 Å². The molecule has 0 unspecified atom stereocenters. The molecule has 0 saturated carbocycles. The second kappa shape index (κ2) is 6.99. The number of thiol groups is 1. The number of rotatable bonds is 3. The Balaban J connectivity index is 1.54. The number of ether oxygens (including phenoxy) is 2. The summed E-state index contributed by atoms with van der Waals surface area (Å²) in [5, 5.41) is 18.9. The maximum atomic E-state index is 11.9. The minimum atomic E-state index is -0.283. The molecule has 0 bridgehead atoms. The molecule has 30 heavy (non-hydrogen) atoms. The second-order valence-electron chi connectivity index (χ2n) is 6.87. The van der Waals surface area contributed by atoms with Crippen molar-refractivity contribution in [2.45, 2.75) is 18.0 Å². The SMILES string of the molecule is Cn1c(=O)[nH]c2cc(O)c(-c3nnc(S)n3C3=COC(C4=CC=CCC4)=CO3)cc21. The molecule has 2 aromatic heterocycles. The first kappa shape index (κ1) is 18.4. The summed E-state index contributed by atoms with van der Waals surface area (Å²) >= 11 is 4.36. The first-order valence-electron chi connectivity index (χ1n) is 9.19. The number of benzene rings is 1. The summed E-state index contributed by atoms with van der Waals surface area (Å²) in [6.45, 7) is 0. The van der Waals surface area contributed by atoms with Gasteiger partial charge >= 0.3 is 5.69 Å². The first-order chi connectivity index (χ1) is 14.5. The Morgan fingerprint density at radius 3 is 2.83 bits per heavy atom. The fourth-order valence-electron chi connectivity index (χ4n) is 3.44. The molecular weight excluding hydrogens is 406 g/mol. The van der Waals surface area contributed by atoms with Crippen LogP contribution in [0.15, 0.2) is 64.2 Å². The Hall–Kier alpha value is -3.66. The predicted octanol–water partition coefficient (Wildman–Crippen LogP) is 3.04. The number of aromatic hydroxyl groups is 1. The van der Waals surface area contributed by atoms with Crippen molar-refractivity contribution in [3.63, 3.8) is 0 Å². The molecule has 0 fully saturated rings. The molecule has 0 atom stereocenters. The molecule has 0 saturated heterocycles. The van der Waals surface area contributed by atoms with Gasteiger partial charge in [0, 0.05) is 13.1 Å². The first-order valence-corrected chi connectivity index (χ1v) is 9.64. The summed E-state index contributed by atoms with van der Waals surface area (Å²) in [4.78, 5) is 14.6. The molecule has 2 aliphatic rings. The summed E-state index contributed by atoms with van der Waals surface area (Å²) in [7, 11) is 1.64. The quantitative estimate of drug-likeness (QED) is 0.559. The van der Waals surface area contributed by atoms with Gasteiger partial charge in [0.1, 0.15) is 12.0 Å². The normalized spacial score (nSPS) is 16.0. The van der Waals surface area contributed by atoms with Crippen LogP contribution in [0.2, 0.25) is 0 Å². The van der Waals surface area contributed by atoms with Gasteiger partial charge in [0.15, 0.2) is 23.0 Å². The van der Waals surface area contributed by atoms with E-state index in [0.29, 0.717) is 28.2 Å². The Labute approximate surface area is 175 Å². The Kier molecular flexibility index (Phi) is 4.28. The van der Waals surface area contributed by atoms with Crippen LogP contribution in [0, 0.1) is 0 Å². The van der Waals surface area contributed by atoms with Crippen LogP contribution in [0.3, 0.4) is 0 Å². The number of imidazole rings is 1. The number of hydrogen-bond acceptors (Lipinski definition) is 7. The number of nitrogens with zero attached hydrogens (tertiary/aromatic N) is 4. The van der Waals surface area contributed by atoms with E-state index >= 15 is 0 Å². The lowest BCUT2D eigenvalue weighted by molar-refractivity contribution is 0.266. The van der Waals surface area contributed by atoms with Crippen molar-refractivity contribution in [1.29, 1.82) is 0 Å². The average Bonchev–Trinajstić information content (AvgIpc) is 3.27. The van der Waals surface area contributed by atoms with Crippen LogP contribution in [0.4, 0.5) is 0 Å². The van der Waals surface area contributed by atoms with Gasteiger partial charge in [0.2, 0.25) is 5.88 Å². The fourth-order valence-corrected chi connectivity index (χ4v) is 3.68. The van der Waals surface area contributed by atoms with Gasteiger partial charge < -0.3 is 19.6 Å². The van der Waals surface area contributed by atoms with Crippen LogP contribution in [-0.2, 0) is 16.5 Å². The molecule has 1 aliphatic carbocycles. The maximum absolute atomic E-state index is 11.9. The third-order valence-corrected chi connectivity index (χ3v) is 5.32. The van der Waals surface area contributed by atoms with E-state index in [1.54, 1.807) is 13.1 Å². The number of aromatic nitrogens is 5. The van der Waals surface area contributed by atoms with Crippen LogP contribution < -0.4 is 5.69 Å². The molecule has 10 heteroatoms. The van der Waals surface area contributed by atoms with Crippen molar-refractivity contribution in [3.8, 4) is 17.1 Å². The largest absolute Gasteiger partial charge is 0.507 e. The van der Waals surface area contributed by atoms with Gasteiger partial charge in [-0.05, 0) is 24.5 Å². The topological polar surface area (TPSA) is 107 Å². The van der Waals surface area contributed by atoms with Gasteiger partial charge in [-0.1, -0.05) is 18.2 Å². The smallest absolute Gasteiger partial charge is 0.326 e. The number of phenols is 1. The maximum Gasteiger partial charge on any atom is 0.326 e. The number of nitrogens with one attached hydrogen (secondary N) is 1. The number of H-pyrrole nitrogens is 1. The highest BCUT2D eigenvalue weighted by molar-refractivity contribution is 7.80. The Morgan fingerprint density at radius 1 is 1.23 bits per heavy atom. The van der Waals surface area contributed by atoms with E-state index in [4.69, 9.17) is 9.47 Å². The highest BCUT2D eigenvalue weighted by Crippen LogP contribution is 2.35. The highest BCUT2D eigenvalue weighted by Gasteiger charge is 2.23. The number of hydrogen-bond donors (Lipinski definition) is 3. The lowest BCUT2D eigenvalue weighted by atomic mass is 10.0. The standard InChI is InChI=1S/C20H17N5O4S/c1-24-14-7-12(15(26)8-13(14)21-19(24)27)18-22-23-20(30)25(18)17-10-28-16(9-29-17)11-5-3-2-4-6-11/h2-3,5,7-10,26H,4,6H2,1H3,(H,21,27)(H,23,30). The molecule has 9 nitrogen and oxygen atoms in total. The van der Waals surface area contributed by atoms with Crippen LogP contribution in [-0.4, -0.2) is 29.4 Å². The number of fused-ring (bicyclic) bond motifs is 1. The zero-order chi connectivity index (χ0) is 20.8. The minimum Gasteiger partial charge on any atom is -0.507 e. The van der Waals surface area contributed by atoms with E-state index in [-0.39, 0.29) is 22.5 Å². The monoisotopic (exact) mass is 423 g/mol. The molecule has 3 aromatic rings. The molecule has 1 aromatic carbocycles. The number of aromatic amines is 1. The van der Waals surface area contributed by atoms with Gasteiger partial charge in [-0.3, -0.25) is 4.57 Å². The lowest BCUT2D eigenvalue weighted by Crippen LogP contribution is -2.11. The van der Waals surface area contributed by atoms with Gasteiger partial charge in [0.25, 0.3) is 0 Å².